The maximum atomic E-state index is 12.5. The lowest BCUT2D eigenvalue weighted by Crippen LogP contribution is -2.43. The van der Waals surface area contributed by atoms with Crippen molar-refractivity contribution in [2.24, 2.45) is 5.73 Å². The molecule has 1 aliphatic heterocycles. The molecule has 4 rings (SSSR count). The third-order valence-corrected chi connectivity index (χ3v) is 5.16. The Morgan fingerprint density at radius 1 is 1.41 bits per heavy atom. The fraction of sp³-hybridized carbons (Fsp3) is 0.278. The molecule has 0 spiro atoms. The molecule has 0 saturated carbocycles. The van der Waals surface area contributed by atoms with Crippen LogP contribution in [-0.4, -0.2) is 40.0 Å². The normalized spacial score (nSPS) is 16.8. The van der Waals surface area contributed by atoms with Gasteiger partial charge in [0.15, 0.2) is 0 Å². The standard InChI is InChI=1S/C18H19BrN6O.ClH/c19-13-8-22-17-15(16(13)25-6-2-4-12(20)10-25)14(9-23-17)24-18(26)11-3-1-5-21-7-11;/h1,3,5,7-9,12H,2,4,6,10,20H2,(H,22,23)(H,24,26);1H. The van der Waals surface area contributed by atoms with Crippen molar-refractivity contribution in [3.05, 3.63) is 47.0 Å². The van der Waals surface area contributed by atoms with Crippen molar-refractivity contribution in [2.75, 3.05) is 23.3 Å². The van der Waals surface area contributed by atoms with Gasteiger partial charge in [-0.1, -0.05) is 0 Å². The van der Waals surface area contributed by atoms with E-state index in [0.29, 0.717) is 11.3 Å². The van der Waals surface area contributed by atoms with Crippen LogP contribution in [0.15, 0.2) is 41.4 Å². The van der Waals surface area contributed by atoms with Crippen molar-refractivity contribution >= 4 is 56.7 Å². The van der Waals surface area contributed by atoms with Crippen LogP contribution in [0.25, 0.3) is 11.0 Å². The first-order chi connectivity index (χ1) is 12.6. The first-order valence-corrected chi connectivity index (χ1v) is 9.30. The van der Waals surface area contributed by atoms with Crippen molar-refractivity contribution in [3.63, 3.8) is 0 Å². The molecule has 3 aromatic heterocycles. The van der Waals surface area contributed by atoms with Crippen LogP contribution in [0.2, 0.25) is 0 Å². The number of aromatic nitrogens is 3. The lowest BCUT2D eigenvalue weighted by Gasteiger charge is -2.33. The highest BCUT2D eigenvalue weighted by molar-refractivity contribution is 9.10. The van der Waals surface area contributed by atoms with Gasteiger partial charge in [-0.15, -0.1) is 12.4 Å². The summed E-state index contributed by atoms with van der Waals surface area (Å²) < 4.78 is 0.885. The van der Waals surface area contributed by atoms with E-state index >= 15 is 0 Å². The summed E-state index contributed by atoms with van der Waals surface area (Å²) in [5.41, 5.74) is 9.10. The molecule has 9 heteroatoms. The minimum atomic E-state index is -0.208. The summed E-state index contributed by atoms with van der Waals surface area (Å²) >= 11 is 3.62. The Labute approximate surface area is 171 Å². The van der Waals surface area contributed by atoms with Crippen molar-refractivity contribution < 1.29 is 4.79 Å². The van der Waals surface area contributed by atoms with E-state index in [9.17, 15) is 4.79 Å². The number of nitrogens with two attached hydrogens (primary N) is 1. The van der Waals surface area contributed by atoms with Gasteiger partial charge in [0.1, 0.15) is 5.65 Å². The zero-order valence-corrected chi connectivity index (χ0v) is 16.9. The van der Waals surface area contributed by atoms with E-state index in [-0.39, 0.29) is 24.4 Å². The molecule has 4 N–H and O–H groups in total. The van der Waals surface area contributed by atoms with Crippen LogP contribution in [0, 0.1) is 0 Å². The molecule has 0 aliphatic carbocycles. The van der Waals surface area contributed by atoms with Crippen molar-refractivity contribution in [2.45, 2.75) is 18.9 Å². The minimum absolute atomic E-state index is 0. The van der Waals surface area contributed by atoms with Crippen molar-refractivity contribution in [1.82, 2.24) is 15.0 Å². The molecule has 7 nitrogen and oxygen atoms in total. The summed E-state index contributed by atoms with van der Waals surface area (Å²) in [6.45, 7) is 1.70. The Morgan fingerprint density at radius 3 is 3.00 bits per heavy atom. The van der Waals surface area contributed by atoms with Gasteiger partial charge in [0.25, 0.3) is 5.91 Å². The summed E-state index contributed by atoms with van der Waals surface area (Å²) in [5, 5.41) is 3.85. The SMILES string of the molecule is Cl.NC1CCCN(c2c(Br)cnc3[nH]cc(NC(=O)c4cccnc4)c23)C1. The number of anilines is 2. The zero-order chi connectivity index (χ0) is 18.1. The first kappa shape index (κ1) is 19.6. The second-order valence-corrected chi connectivity index (χ2v) is 7.28. The lowest BCUT2D eigenvalue weighted by molar-refractivity contribution is 0.102. The number of amides is 1. The average Bonchev–Trinajstić information content (AvgIpc) is 3.05. The maximum Gasteiger partial charge on any atom is 0.257 e. The average molecular weight is 452 g/mol. The van der Waals surface area contributed by atoms with E-state index in [1.807, 2.05) is 0 Å². The molecule has 1 aliphatic rings. The summed E-state index contributed by atoms with van der Waals surface area (Å²) in [6.07, 6.45) is 8.80. The highest BCUT2D eigenvalue weighted by Crippen LogP contribution is 2.38. The molecule has 0 radical (unpaired) electrons. The fourth-order valence-electron chi connectivity index (χ4n) is 3.37. The Kier molecular flexibility index (Phi) is 5.98. The van der Waals surface area contributed by atoms with Crippen LogP contribution in [0.4, 0.5) is 11.4 Å². The van der Waals surface area contributed by atoms with E-state index in [1.54, 1.807) is 36.9 Å². The molecule has 27 heavy (non-hydrogen) atoms. The number of H-pyrrole nitrogens is 1. The topological polar surface area (TPSA) is 99.9 Å². The molecule has 1 unspecified atom stereocenters. The van der Waals surface area contributed by atoms with Crippen LogP contribution >= 0.6 is 28.3 Å². The van der Waals surface area contributed by atoms with E-state index in [4.69, 9.17) is 5.73 Å². The molecular formula is C18H20BrClN6O. The number of fused-ring (bicyclic) bond motifs is 1. The highest BCUT2D eigenvalue weighted by atomic mass is 79.9. The quantitative estimate of drug-likeness (QED) is 0.567. The number of carbonyl (C=O) groups is 1. The number of rotatable bonds is 3. The predicted octanol–water partition coefficient (Wildman–Crippen LogP) is 3.32. The van der Waals surface area contributed by atoms with Crippen LogP contribution in [0.5, 0.6) is 0 Å². The Bertz CT molecular complexity index is 948. The lowest BCUT2D eigenvalue weighted by atomic mass is 10.1. The van der Waals surface area contributed by atoms with Crippen molar-refractivity contribution in [1.29, 1.82) is 0 Å². The molecule has 1 saturated heterocycles. The molecule has 3 aromatic rings. The first-order valence-electron chi connectivity index (χ1n) is 8.51. The van der Waals surface area contributed by atoms with E-state index in [2.05, 4.69) is 41.1 Å². The number of hydrogen-bond donors (Lipinski definition) is 3. The molecule has 1 atom stereocenters. The second-order valence-electron chi connectivity index (χ2n) is 6.42. The summed E-state index contributed by atoms with van der Waals surface area (Å²) in [5.74, 6) is -0.208. The van der Waals surface area contributed by atoms with Gasteiger partial charge in [0, 0.05) is 43.9 Å². The monoisotopic (exact) mass is 450 g/mol. The van der Waals surface area contributed by atoms with Gasteiger partial charge in [-0.3, -0.25) is 9.78 Å². The summed E-state index contributed by atoms with van der Waals surface area (Å²) in [7, 11) is 0. The number of aromatic amines is 1. The summed E-state index contributed by atoms with van der Waals surface area (Å²) in [6, 6.07) is 3.62. The Morgan fingerprint density at radius 2 is 2.26 bits per heavy atom. The number of nitrogens with one attached hydrogen (secondary N) is 2. The Hall–Kier alpha value is -2.16. The van der Waals surface area contributed by atoms with Crippen molar-refractivity contribution in [3.8, 4) is 0 Å². The maximum absolute atomic E-state index is 12.5. The van der Waals surface area contributed by atoms with E-state index in [1.165, 1.54) is 0 Å². The second kappa shape index (κ2) is 8.24. The van der Waals surface area contributed by atoms with Gasteiger partial charge in [-0.2, -0.15) is 0 Å². The number of carbonyl (C=O) groups excluding carboxylic acids is 1. The molecule has 1 amide bonds. The van der Waals surface area contributed by atoms with Gasteiger partial charge in [0.2, 0.25) is 0 Å². The minimum Gasteiger partial charge on any atom is -0.368 e. The van der Waals surface area contributed by atoms with Crippen LogP contribution in [-0.2, 0) is 0 Å². The molecule has 1 fully saturated rings. The zero-order valence-electron chi connectivity index (χ0n) is 14.5. The Balaban J connectivity index is 0.00000210. The van der Waals surface area contributed by atoms with Crippen LogP contribution in [0.3, 0.4) is 0 Å². The molecule has 0 bridgehead atoms. The molecule has 142 valence electrons. The molecular weight excluding hydrogens is 432 g/mol. The number of hydrogen-bond acceptors (Lipinski definition) is 5. The number of halogens is 2. The van der Waals surface area contributed by atoms with Crippen LogP contribution < -0.4 is 16.0 Å². The number of piperidine rings is 1. The van der Waals surface area contributed by atoms with E-state index in [0.717, 1.165) is 47.1 Å². The molecule has 4 heterocycles. The third kappa shape index (κ3) is 3.92. The van der Waals surface area contributed by atoms with Gasteiger partial charge >= 0.3 is 0 Å². The van der Waals surface area contributed by atoms with Gasteiger partial charge < -0.3 is 20.9 Å². The predicted molar refractivity (Wildman–Crippen MR) is 113 cm³/mol. The highest BCUT2D eigenvalue weighted by Gasteiger charge is 2.24. The smallest absolute Gasteiger partial charge is 0.257 e. The number of pyridine rings is 2. The van der Waals surface area contributed by atoms with Crippen LogP contribution in [0.1, 0.15) is 23.2 Å². The third-order valence-electron chi connectivity index (χ3n) is 4.58. The number of nitrogens with zero attached hydrogens (tertiary/aromatic N) is 3. The largest absolute Gasteiger partial charge is 0.368 e. The van der Waals surface area contributed by atoms with Gasteiger partial charge in [-0.25, -0.2) is 4.98 Å². The summed E-state index contributed by atoms with van der Waals surface area (Å²) in [4.78, 5) is 26.4. The molecule has 0 aromatic carbocycles. The fourth-order valence-corrected chi connectivity index (χ4v) is 3.92. The van der Waals surface area contributed by atoms with E-state index < -0.39 is 0 Å². The van der Waals surface area contributed by atoms with Gasteiger partial charge in [0.05, 0.1) is 26.8 Å². The van der Waals surface area contributed by atoms with Gasteiger partial charge in [-0.05, 0) is 40.9 Å².